The van der Waals surface area contributed by atoms with Crippen molar-refractivity contribution >= 4 is 18.0 Å². The quantitative estimate of drug-likeness (QED) is 0.611. The largest absolute Gasteiger partial charge is 0.481 e. The van der Waals surface area contributed by atoms with Crippen molar-refractivity contribution in [3.63, 3.8) is 0 Å². The molecule has 5 rings (SSSR count). The van der Waals surface area contributed by atoms with Crippen LogP contribution >= 0.6 is 0 Å². The number of carboxylic acids is 1. The van der Waals surface area contributed by atoms with Crippen LogP contribution in [-0.2, 0) is 14.3 Å². The number of nitrogens with zero attached hydrogens (tertiary/aromatic N) is 1. The summed E-state index contributed by atoms with van der Waals surface area (Å²) in [4.78, 5) is 38.7. The van der Waals surface area contributed by atoms with Crippen molar-refractivity contribution in [1.82, 2.24) is 10.2 Å². The molecule has 0 spiro atoms. The molecule has 3 aliphatic carbocycles. The zero-order valence-corrected chi connectivity index (χ0v) is 20.0. The summed E-state index contributed by atoms with van der Waals surface area (Å²) in [7, 11) is 1.74. The maximum Gasteiger partial charge on any atom is 0.407 e. The van der Waals surface area contributed by atoms with Gasteiger partial charge in [0.15, 0.2) is 0 Å². The standard InChI is InChI=1S/C28H32N2O5/c1-30(19-14-18(15-19)26(32)33)25(31)16-28(12-6-7-13-28)29-27(34)35-17-24-22-10-4-2-8-20(22)21-9-3-5-11-23(21)24/h2-5,8-11,18-19,24H,6-7,12-17H2,1H3,(H,29,34)(H,32,33). The predicted octanol–water partition coefficient (Wildman–Crippen LogP) is 4.55. The molecule has 2 fully saturated rings. The molecule has 2 aromatic rings. The second kappa shape index (κ2) is 9.36. The molecule has 7 nitrogen and oxygen atoms in total. The fourth-order valence-electron chi connectivity index (χ4n) is 5.97. The van der Waals surface area contributed by atoms with Crippen LogP contribution in [0.15, 0.2) is 48.5 Å². The van der Waals surface area contributed by atoms with Crippen LogP contribution in [0, 0.1) is 5.92 Å². The summed E-state index contributed by atoms with van der Waals surface area (Å²) in [6.07, 6.45) is 4.07. The van der Waals surface area contributed by atoms with Gasteiger partial charge in [0.2, 0.25) is 5.91 Å². The average molecular weight is 477 g/mol. The highest BCUT2D eigenvalue weighted by Crippen LogP contribution is 2.44. The number of carbonyl (C=O) groups is 3. The van der Waals surface area contributed by atoms with Crippen molar-refractivity contribution in [3.8, 4) is 11.1 Å². The van der Waals surface area contributed by atoms with Crippen molar-refractivity contribution in [3.05, 3.63) is 59.7 Å². The smallest absolute Gasteiger partial charge is 0.407 e. The van der Waals surface area contributed by atoms with E-state index in [-0.39, 0.29) is 36.8 Å². The monoisotopic (exact) mass is 476 g/mol. The Hall–Kier alpha value is -3.35. The summed E-state index contributed by atoms with van der Waals surface area (Å²) < 4.78 is 5.75. The van der Waals surface area contributed by atoms with Crippen LogP contribution < -0.4 is 5.32 Å². The first-order chi connectivity index (χ1) is 16.9. The third-order valence-corrected chi connectivity index (χ3v) is 8.16. The van der Waals surface area contributed by atoms with Crippen LogP contribution in [-0.4, -0.2) is 53.2 Å². The Balaban J connectivity index is 1.21. The van der Waals surface area contributed by atoms with E-state index in [1.807, 2.05) is 24.3 Å². The molecule has 7 heteroatoms. The average Bonchev–Trinajstić information content (AvgIpc) is 3.39. The zero-order chi connectivity index (χ0) is 24.6. The molecular weight excluding hydrogens is 444 g/mol. The molecule has 2 saturated carbocycles. The summed E-state index contributed by atoms with van der Waals surface area (Å²) in [6.45, 7) is 0.239. The fraction of sp³-hybridized carbons (Fsp3) is 0.464. The Morgan fingerprint density at radius 3 is 2.14 bits per heavy atom. The lowest BCUT2D eigenvalue weighted by molar-refractivity contribution is -0.150. The minimum atomic E-state index is -0.800. The molecule has 0 bridgehead atoms. The van der Waals surface area contributed by atoms with Crippen LogP contribution in [0.25, 0.3) is 11.1 Å². The number of ether oxygens (including phenoxy) is 1. The number of carbonyl (C=O) groups excluding carboxylic acids is 2. The van der Waals surface area contributed by atoms with Gasteiger partial charge in [-0.25, -0.2) is 4.79 Å². The normalized spacial score (nSPS) is 22.0. The van der Waals surface area contributed by atoms with Gasteiger partial charge in [0, 0.05) is 19.0 Å². The highest BCUT2D eigenvalue weighted by atomic mass is 16.5. The van der Waals surface area contributed by atoms with E-state index in [2.05, 4.69) is 29.6 Å². The molecule has 184 valence electrons. The third kappa shape index (κ3) is 4.51. The van der Waals surface area contributed by atoms with Crippen molar-refractivity contribution < 1.29 is 24.2 Å². The van der Waals surface area contributed by atoms with E-state index in [0.717, 1.165) is 36.8 Å². The predicted molar refractivity (Wildman–Crippen MR) is 131 cm³/mol. The van der Waals surface area contributed by atoms with Gasteiger partial charge in [-0.1, -0.05) is 61.4 Å². The van der Waals surface area contributed by atoms with Gasteiger partial charge in [-0.2, -0.15) is 0 Å². The van der Waals surface area contributed by atoms with Crippen LogP contribution in [0.3, 0.4) is 0 Å². The number of alkyl carbamates (subject to hydrolysis) is 1. The van der Waals surface area contributed by atoms with E-state index in [0.29, 0.717) is 12.8 Å². The molecule has 0 radical (unpaired) electrons. The van der Waals surface area contributed by atoms with Crippen molar-refractivity contribution in [2.24, 2.45) is 5.92 Å². The van der Waals surface area contributed by atoms with Gasteiger partial charge in [0.05, 0.1) is 17.9 Å². The summed E-state index contributed by atoms with van der Waals surface area (Å²) in [6, 6.07) is 16.4. The number of hydrogen-bond donors (Lipinski definition) is 2. The Morgan fingerprint density at radius 1 is 1.00 bits per heavy atom. The lowest BCUT2D eigenvalue weighted by atomic mass is 9.79. The molecule has 35 heavy (non-hydrogen) atoms. The number of rotatable bonds is 7. The number of benzene rings is 2. The van der Waals surface area contributed by atoms with Crippen molar-refractivity contribution in [2.75, 3.05) is 13.7 Å². The van der Waals surface area contributed by atoms with Gasteiger partial charge >= 0.3 is 12.1 Å². The van der Waals surface area contributed by atoms with E-state index in [1.54, 1.807) is 11.9 Å². The van der Waals surface area contributed by atoms with E-state index in [9.17, 15) is 14.4 Å². The van der Waals surface area contributed by atoms with Gasteiger partial charge in [-0.05, 0) is 47.9 Å². The molecule has 0 aromatic heterocycles. The maximum absolute atomic E-state index is 13.0. The Kier molecular flexibility index (Phi) is 6.26. The number of hydrogen-bond acceptors (Lipinski definition) is 4. The fourth-order valence-corrected chi connectivity index (χ4v) is 5.97. The second-order valence-corrected chi connectivity index (χ2v) is 10.3. The number of aliphatic carboxylic acids is 1. The summed E-state index contributed by atoms with van der Waals surface area (Å²) in [5.41, 5.74) is 4.07. The van der Waals surface area contributed by atoms with Crippen LogP contribution in [0.2, 0.25) is 0 Å². The minimum Gasteiger partial charge on any atom is -0.481 e. The molecule has 3 aliphatic rings. The highest BCUT2D eigenvalue weighted by Gasteiger charge is 2.43. The molecule has 0 unspecified atom stereocenters. The molecular formula is C28H32N2O5. The van der Waals surface area contributed by atoms with E-state index >= 15 is 0 Å². The molecule has 0 atom stereocenters. The van der Waals surface area contributed by atoms with E-state index in [4.69, 9.17) is 9.84 Å². The van der Waals surface area contributed by atoms with Gasteiger partial charge in [0.25, 0.3) is 0 Å². The molecule has 0 saturated heterocycles. The van der Waals surface area contributed by atoms with Gasteiger partial charge in [-0.3, -0.25) is 9.59 Å². The van der Waals surface area contributed by atoms with E-state index in [1.165, 1.54) is 11.1 Å². The topological polar surface area (TPSA) is 95.9 Å². The van der Waals surface area contributed by atoms with Crippen LogP contribution in [0.4, 0.5) is 4.79 Å². The molecule has 0 aliphatic heterocycles. The molecule has 2 aromatic carbocycles. The van der Waals surface area contributed by atoms with Crippen molar-refractivity contribution in [1.29, 1.82) is 0 Å². The first-order valence-corrected chi connectivity index (χ1v) is 12.5. The zero-order valence-electron chi connectivity index (χ0n) is 20.0. The van der Waals surface area contributed by atoms with E-state index < -0.39 is 17.6 Å². The van der Waals surface area contributed by atoms with Gasteiger partial charge in [-0.15, -0.1) is 0 Å². The summed E-state index contributed by atoms with van der Waals surface area (Å²) >= 11 is 0. The summed E-state index contributed by atoms with van der Waals surface area (Å²) in [5.74, 6) is -1.23. The number of nitrogens with one attached hydrogen (secondary N) is 1. The second-order valence-electron chi connectivity index (χ2n) is 10.3. The van der Waals surface area contributed by atoms with Crippen molar-refractivity contribution in [2.45, 2.75) is 62.4 Å². The maximum atomic E-state index is 13.0. The lowest BCUT2D eigenvalue weighted by Crippen LogP contribution is -2.53. The third-order valence-electron chi connectivity index (χ3n) is 8.16. The number of fused-ring (bicyclic) bond motifs is 3. The summed E-state index contributed by atoms with van der Waals surface area (Å²) in [5, 5.41) is 12.2. The Labute approximate surface area is 205 Å². The first kappa shape index (κ1) is 23.4. The van der Waals surface area contributed by atoms with Gasteiger partial charge in [0.1, 0.15) is 6.61 Å². The minimum absolute atomic E-state index is 0.0127. The Morgan fingerprint density at radius 2 is 1.57 bits per heavy atom. The highest BCUT2D eigenvalue weighted by molar-refractivity contribution is 5.81. The Bertz CT molecular complexity index is 1090. The molecule has 2 amide bonds. The number of carboxylic acid groups (broad SMARTS) is 1. The molecule has 0 heterocycles. The number of amides is 2. The van der Waals surface area contributed by atoms with Crippen LogP contribution in [0.5, 0.6) is 0 Å². The molecule has 2 N–H and O–H groups in total. The first-order valence-electron chi connectivity index (χ1n) is 12.5. The van der Waals surface area contributed by atoms with Gasteiger partial charge < -0.3 is 20.1 Å². The SMILES string of the molecule is CN(C(=O)CC1(NC(=O)OCC2c3ccccc3-c3ccccc32)CCCC1)C1CC(C(=O)O)C1. The lowest BCUT2D eigenvalue weighted by Gasteiger charge is -2.40. The van der Waals surface area contributed by atoms with Crippen LogP contribution in [0.1, 0.15) is 62.0 Å².